The highest BCUT2D eigenvalue weighted by Gasteiger charge is 2.47. The molecule has 26 heavy (non-hydrogen) atoms. The quantitative estimate of drug-likeness (QED) is 0.667. The van der Waals surface area contributed by atoms with E-state index in [-0.39, 0.29) is 23.6 Å². The van der Waals surface area contributed by atoms with Gasteiger partial charge < -0.3 is 4.90 Å². The van der Waals surface area contributed by atoms with Crippen molar-refractivity contribution in [2.45, 2.75) is 17.8 Å². The van der Waals surface area contributed by atoms with Crippen LogP contribution in [0, 0.1) is 0 Å². The molecule has 0 unspecified atom stereocenters. The van der Waals surface area contributed by atoms with Gasteiger partial charge in [0.25, 0.3) is 0 Å². The predicted octanol–water partition coefficient (Wildman–Crippen LogP) is 4.38. The molecule has 1 fully saturated rings. The molecule has 2 aromatic carbocycles. The zero-order valence-corrected chi connectivity index (χ0v) is 17.7. The van der Waals surface area contributed by atoms with Crippen molar-refractivity contribution in [2.24, 2.45) is 4.99 Å². The molecular weight excluding hydrogens is 456 g/mol. The molecule has 0 radical (unpaired) electrons. The summed E-state index contributed by atoms with van der Waals surface area (Å²) in [6.45, 7) is 0. The molecule has 0 spiro atoms. The third-order valence-electron chi connectivity index (χ3n) is 4.49. The second-order valence-electron chi connectivity index (χ2n) is 6.38. The van der Waals surface area contributed by atoms with Gasteiger partial charge in [0, 0.05) is 20.9 Å². The summed E-state index contributed by atoms with van der Waals surface area (Å²) in [5.41, 5.74) is 2.13. The highest BCUT2D eigenvalue weighted by molar-refractivity contribution is 9.10. The summed E-state index contributed by atoms with van der Waals surface area (Å²) in [6, 6.07) is 15.4. The van der Waals surface area contributed by atoms with E-state index in [9.17, 15) is 8.42 Å². The molecule has 0 saturated carbocycles. The normalized spacial score (nSPS) is 23.8. The Hall–Kier alpha value is -1.02. The van der Waals surface area contributed by atoms with E-state index in [1.807, 2.05) is 36.4 Å². The Morgan fingerprint density at radius 3 is 2.50 bits per heavy atom. The number of nitrogens with zero attached hydrogens (tertiary/aromatic N) is 2. The molecular formula is C18H16BrClN2O2S2. The summed E-state index contributed by atoms with van der Waals surface area (Å²) >= 11 is 11.1. The zero-order chi connectivity index (χ0) is 18.3. The van der Waals surface area contributed by atoms with Crippen LogP contribution in [0.4, 0.5) is 5.69 Å². The average Bonchev–Trinajstić information content (AvgIpc) is 3.06. The van der Waals surface area contributed by atoms with Gasteiger partial charge >= 0.3 is 0 Å². The SMILES string of the molecule is O=S1(=O)C[C@@H]2N=C(SCc3ccc(Br)cc3)N(c3ccc(Cl)cc3)[C@@H]2C1. The smallest absolute Gasteiger partial charge is 0.164 e. The number of aliphatic imine (C=N–C) groups is 1. The van der Waals surface area contributed by atoms with Crippen LogP contribution in [0.3, 0.4) is 0 Å². The van der Waals surface area contributed by atoms with E-state index in [4.69, 9.17) is 16.6 Å². The first-order chi connectivity index (χ1) is 12.4. The molecule has 2 aliphatic rings. The lowest BCUT2D eigenvalue weighted by Crippen LogP contribution is -2.39. The van der Waals surface area contributed by atoms with Gasteiger partial charge in [-0.15, -0.1) is 0 Å². The fourth-order valence-electron chi connectivity index (χ4n) is 3.27. The van der Waals surface area contributed by atoms with Gasteiger partial charge in [-0.1, -0.05) is 51.4 Å². The van der Waals surface area contributed by atoms with Crippen LogP contribution in [0.5, 0.6) is 0 Å². The van der Waals surface area contributed by atoms with Gasteiger partial charge in [0.05, 0.1) is 23.6 Å². The number of hydrogen-bond acceptors (Lipinski definition) is 5. The van der Waals surface area contributed by atoms with Crippen LogP contribution in [0.2, 0.25) is 5.02 Å². The zero-order valence-electron chi connectivity index (χ0n) is 13.7. The first-order valence-corrected chi connectivity index (χ1v) is 12.1. The molecule has 2 aliphatic heterocycles. The van der Waals surface area contributed by atoms with Crippen molar-refractivity contribution in [1.29, 1.82) is 0 Å². The van der Waals surface area contributed by atoms with E-state index in [0.29, 0.717) is 5.02 Å². The Morgan fingerprint density at radius 2 is 1.81 bits per heavy atom. The number of thioether (sulfide) groups is 1. The molecule has 2 heterocycles. The van der Waals surface area contributed by atoms with Crippen LogP contribution in [-0.2, 0) is 15.6 Å². The number of rotatable bonds is 3. The molecule has 4 nitrogen and oxygen atoms in total. The summed E-state index contributed by atoms with van der Waals surface area (Å²) in [4.78, 5) is 6.81. The number of amidine groups is 1. The molecule has 8 heteroatoms. The van der Waals surface area contributed by atoms with E-state index < -0.39 is 9.84 Å². The van der Waals surface area contributed by atoms with E-state index in [1.54, 1.807) is 11.8 Å². The second kappa shape index (κ2) is 7.19. The van der Waals surface area contributed by atoms with Gasteiger partial charge in [-0.2, -0.15) is 0 Å². The Kier molecular flexibility index (Phi) is 5.07. The summed E-state index contributed by atoms with van der Waals surface area (Å²) in [7, 11) is -3.04. The molecule has 0 aromatic heterocycles. The van der Waals surface area contributed by atoms with Crippen LogP contribution in [-0.4, -0.2) is 37.2 Å². The number of halogens is 2. The van der Waals surface area contributed by atoms with Crippen molar-refractivity contribution >= 4 is 60.0 Å². The molecule has 2 atom stereocenters. The maximum Gasteiger partial charge on any atom is 0.164 e. The van der Waals surface area contributed by atoms with Gasteiger partial charge in [-0.3, -0.25) is 4.99 Å². The van der Waals surface area contributed by atoms with Crippen LogP contribution in [0.15, 0.2) is 58.0 Å². The van der Waals surface area contributed by atoms with Gasteiger partial charge in [0.2, 0.25) is 0 Å². The van der Waals surface area contributed by atoms with Crippen LogP contribution >= 0.6 is 39.3 Å². The van der Waals surface area contributed by atoms with Crippen molar-refractivity contribution in [3.05, 3.63) is 63.6 Å². The van der Waals surface area contributed by atoms with Gasteiger partial charge in [0.15, 0.2) is 15.0 Å². The van der Waals surface area contributed by atoms with Gasteiger partial charge in [-0.05, 0) is 42.0 Å². The van der Waals surface area contributed by atoms with Crippen LogP contribution in [0.25, 0.3) is 0 Å². The summed E-state index contributed by atoms with van der Waals surface area (Å²) < 4.78 is 25.2. The van der Waals surface area contributed by atoms with E-state index in [2.05, 4.69) is 33.0 Å². The third-order valence-corrected chi connectivity index (χ3v) is 8.01. The highest BCUT2D eigenvalue weighted by Crippen LogP contribution is 2.36. The molecule has 1 saturated heterocycles. The van der Waals surface area contributed by atoms with Crippen molar-refractivity contribution in [3.63, 3.8) is 0 Å². The molecule has 0 aliphatic carbocycles. The summed E-state index contributed by atoms with van der Waals surface area (Å²) in [5, 5.41) is 1.53. The minimum atomic E-state index is -3.04. The second-order valence-corrected chi connectivity index (χ2v) is 10.8. The third kappa shape index (κ3) is 3.81. The molecule has 136 valence electrons. The first-order valence-electron chi connectivity index (χ1n) is 8.11. The van der Waals surface area contributed by atoms with Crippen LogP contribution in [0.1, 0.15) is 5.56 Å². The van der Waals surface area contributed by atoms with E-state index >= 15 is 0 Å². The van der Waals surface area contributed by atoms with Gasteiger partial charge in [0.1, 0.15) is 0 Å². The lowest BCUT2D eigenvalue weighted by molar-refractivity contribution is 0.601. The number of sulfone groups is 1. The van der Waals surface area contributed by atoms with E-state index in [1.165, 1.54) is 5.56 Å². The molecule has 4 rings (SSSR count). The fourth-order valence-corrected chi connectivity index (χ4v) is 6.58. The Labute approximate surface area is 170 Å². The largest absolute Gasteiger partial charge is 0.315 e. The first kappa shape index (κ1) is 18.3. The summed E-state index contributed by atoms with van der Waals surface area (Å²) in [5.74, 6) is 1.05. The number of hydrogen-bond donors (Lipinski definition) is 0. The van der Waals surface area contributed by atoms with Crippen molar-refractivity contribution < 1.29 is 8.42 Å². The molecule has 2 aromatic rings. The topological polar surface area (TPSA) is 49.7 Å². The van der Waals surface area contributed by atoms with E-state index in [0.717, 1.165) is 21.1 Å². The molecule has 0 amide bonds. The molecule has 0 bridgehead atoms. The Bertz CT molecular complexity index is 946. The number of anilines is 1. The monoisotopic (exact) mass is 470 g/mol. The Morgan fingerprint density at radius 1 is 1.12 bits per heavy atom. The van der Waals surface area contributed by atoms with Crippen molar-refractivity contribution in [1.82, 2.24) is 0 Å². The standard InChI is InChI=1S/C18H16BrClN2O2S2/c19-13-3-1-12(2-4-13)9-25-18-21-16-10-26(23,24)11-17(16)22(18)15-7-5-14(20)6-8-15/h1-8,16-17H,9-11H2/t16-,17+/m0/s1. The van der Waals surface area contributed by atoms with Crippen LogP contribution < -0.4 is 4.90 Å². The minimum Gasteiger partial charge on any atom is -0.315 e. The predicted molar refractivity (Wildman–Crippen MR) is 113 cm³/mol. The molecule has 0 N–H and O–H groups in total. The maximum absolute atomic E-state index is 12.1. The van der Waals surface area contributed by atoms with Crippen molar-refractivity contribution in [2.75, 3.05) is 16.4 Å². The summed E-state index contributed by atoms with van der Waals surface area (Å²) in [6.07, 6.45) is 0. The lowest BCUT2D eigenvalue weighted by Gasteiger charge is -2.26. The highest BCUT2D eigenvalue weighted by atomic mass is 79.9. The Balaban J connectivity index is 1.60. The fraction of sp³-hybridized carbons (Fsp3) is 0.278. The average molecular weight is 472 g/mol. The van der Waals surface area contributed by atoms with Crippen molar-refractivity contribution in [3.8, 4) is 0 Å². The lowest BCUT2D eigenvalue weighted by atomic mass is 10.1. The number of benzene rings is 2. The van der Waals surface area contributed by atoms with Gasteiger partial charge in [-0.25, -0.2) is 8.42 Å². The maximum atomic E-state index is 12.1. The number of fused-ring (bicyclic) bond motifs is 1. The minimum absolute atomic E-state index is 0.129.